The first-order chi connectivity index (χ1) is 9.37. The Bertz CT molecular complexity index is 605. The second kappa shape index (κ2) is 5.75. The molecule has 1 aromatic carbocycles. The zero-order chi connectivity index (χ0) is 14.9. The zero-order valence-corrected chi connectivity index (χ0v) is 12.1. The minimum atomic E-state index is -3.98. The summed E-state index contributed by atoms with van der Waals surface area (Å²) < 4.78 is 53.4. The highest BCUT2D eigenvalue weighted by Gasteiger charge is 2.34. The van der Waals surface area contributed by atoms with Gasteiger partial charge in [-0.05, 0) is 31.4 Å². The molecule has 0 unspecified atom stereocenters. The molecule has 1 atom stereocenters. The molecule has 0 aromatic heterocycles. The second-order valence-corrected chi connectivity index (χ2v) is 6.89. The monoisotopic (exact) mass is 304 g/mol. The predicted molar refractivity (Wildman–Crippen MR) is 71.7 cm³/mol. The first-order valence-electron chi connectivity index (χ1n) is 6.55. The lowest BCUT2D eigenvalue weighted by molar-refractivity contribution is 0.257. The Hall–Kier alpha value is -1.05. The third-order valence-electron chi connectivity index (χ3n) is 3.64. The molecular formula is C13H18F2N2O2S. The van der Waals surface area contributed by atoms with Gasteiger partial charge in [-0.25, -0.2) is 17.2 Å². The molecule has 20 heavy (non-hydrogen) atoms. The summed E-state index contributed by atoms with van der Waals surface area (Å²) in [6.07, 6.45) is 2.29. The number of aryl methyl sites for hydroxylation is 1. The fraction of sp³-hybridized carbons (Fsp3) is 0.538. The van der Waals surface area contributed by atoms with Crippen LogP contribution in [0.3, 0.4) is 0 Å². The van der Waals surface area contributed by atoms with Gasteiger partial charge in [0.15, 0.2) is 0 Å². The van der Waals surface area contributed by atoms with Crippen LogP contribution in [0.15, 0.2) is 17.0 Å². The van der Waals surface area contributed by atoms with Crippen LogP contribution in [0.4, 0.5) is 8.78 Å². The summed E-state index contributed by atoms with van der Waals surface area (Å²) in [6.45, 7) is 1.92. The standard InChI is InChI=1S/C13H18F2N2O2S/c1-9-6-13(12(15)7-11(9)14)20(18,19)17-5-3-2-4-10(17)8-16/h6-7,10H,2-5,8,16H2,1H3/t10-/m1/s1. The number of hydrogen-bond donors (Lipinski definition) is 1. The summed E-state index contributed by atoms with van der Waals surface area (Å²) in [5.41, 5.74) is 5.70. The first kappa shape index (κ1) is 15.3. The van der Waals surface area contributed by atoms with Crippen molar-refractivity contribution in [2.45, 2.75) is 37.1 Å². The van der Waals surface area contributed by atoms with E-state index in [-0.39, 0.29) is 18.2 Å². The van der Waals surface area contributed by atoms with E-state index in [1.165, 1.54) is 11.2 Å². The van der Waals surface area contributed by atoms with Crippen molar-refractivity contribution >= 4 is 10.0 Å². The lowest BCUT2D eigenvalue weighted by atomic mass is 10.1. The van der Waals surface area contributed by atoms with Crippen molar-refractivity contribution in [1.29, 1.82) is 0 Å². The highest BCUT2D eigenvalue weighted by Crippen LogP contribution is 2.27. The Morgan fingerprint density at radius 3 is 2.65 bits per heavy atom. The van der Waals surface area contributed by atoms with Crippen molar-refractivity contribution in [3.05, 3.63) is 29.3 Å². The normalized spacial score (nSPS) is 21.1. The van der Waals surface area contributed by atoms with E-state index in [0.29, 0.717) is 19.0 Å². The summed E-state index contributed by atoms with van der Waals surface area (Å²) in [5.74, 6) is -1.81. The van der Waals surface area contributed by atoms with Gasteiger partial charge in [0.2, 0.25) is 10.0 Å². The Labute approximate surface area is 117 Å². The van der Waals surface area contributed by atoms with Gasteiger partial charge in [0.1, 0.15) is 16.5 Å². The van der Waals surface area contributed by atoms with Crippen LogP contribution in [0.5, 0.6) is 0 Å². The summed E-state index contributed by atoms with van der Waals surface area (Å²) >= 11 is 0. The molecule has 1 heterocycles. The molecular weight excluding hydrogens is 286 g/mol. The molecule has 0 bridgehead atoms. The largest absolute Gasteiger partial charge is 0.329 e. The average molecular weight is 304 g/mol. The predicted octanol–water partition coefficient (Wildman–Crippen LogP) is 1.78. The molecule has 2 rings (SSSR count). The molecule has 1 aromatic rings. The fourth-order valence-corrected chi connectivity index (χ4v) is 4.32. The number of halogens is 2. The van der Waals surface area contributed by atoms with E-state index >= 15 is 0 Å². The summed E-state index contributed by atoms with van der Waals surface area (Å²) in [4.78, 5) is -0.475. The van der Waals surface area contributed by atoms with Crippen molar-refractivity contribution in [3.63, 3.8) is 0 Å². The van der Waals surface area contributed by atoms with Gasteiger partial charge in [0.25, 0.3) is 0 Å². The van der Waals surface area contributed by atoms with E-state index in [9.17, 15) is 17.2 Å². The summed E-state index contributed by atoms with van der Waals surface area (Å²) in [7, 11) is -3.98. The van der Waals surface area contributed by atoms with Crippen molar-refractivity contribution in [1.82, 2.24) is 4.31 Å². The van der Waals surface area contributed by atoms with Crippen molar-refractivity contribution in [3.8, 4) is 0 Å². The SMILES string of the molecule is Cc1cc(S(=O)(=O)N2CCCC[C@@H]2CN)c(F)cc1F. The molecule has 0 radical (unpaired) electrons. The van der Waals surface area contributed by atoms with E-state index in [0.717, 1.165) is 18.9 Å². The molecule has 2 N–H and O–H groups in total. The van der Waals surface area contributed by atoms with Crippen LogP contribution in [0.1, 0.15) is 24.8 Å². The van der Waals surface area contributed by atoms with Gasteiger partial charge in [-0.1, -0.05) is 6.42 Å². The van der Waals surface area contributed by atoms with Crippen molar-refractivity contribution in [2.75, 3.05) is 13.1 Å². The van der Waals surface area contributed by atoms with Crippen LogP contribution < -0.4 is 5.73 Å². The Morgan fingerprint density at radius 2 is 2.00 bits per heavy atom. The third kappa shape index (κ3) is 2.70. The zero-order valence-electron chi connectivity index (χ0n) is 11.3. The lowest BCUT2D eigenvalue weighted by Crippen LogP contribution is -2.47. The van der Waals surface area contributed by atoms with Crippen LogP contribution >= 0.6 is 0 Å². The van der Waals surface area contributed by atoms with Gasteiger partial charge >= 0.3 is 0 Å². The lowest BCUT2D eigenvalue weighted by Gasteiger charge is -2.34. The van der Waals surface area contributed by atoms with Gasteiger partial charge < -0.3 is 5.73 Å². The third-order valence-corrected chi connectivity index (χ3v) is 5.61. The molecule has 4 nitrogen and oxygen atoms in total. The van der Waals surface area contributed by atoms with E-state index < -0.39 is 26.6 Å². The van der Waals surface area contributed by atoms with Crippen molar-refractivity contribution < 1.29 is 17.2 Å². The smallest absolute Gasteiger partial charge is 0.246 e. The minimum Gasteiger partial charge on any atom is -0.329 e. The number of hydrogen-bond acceptors (Lipinski definition) is 3. The Morgan fingerprint density at radius 1 is 1.30 bits per heavy atom. The van der Waals surface area contributed by atoms with Gasteiger partial charge in [0.05, 0.1) is 0 Å². The summed E-state index contributed by atoms with van der Waals surface area (Å²) in [6, 6.07) is 1.34. The second-order valence-electron chi connectivity index (χ2n) is 5.03. The number of nitrogens with zero attached hydrogens (tertiary/aromatic N) is 1. The van der Waals surface area contributed by atoms with E-state index in [1.807, 2.05) is 0 Å². The average Bonchev–Trinajstić information content (AvgIpc) is 2.42. The molecule has 112 valence electrons. The molecule has 0 saturated carbocycles. The number of nitrogens with two attached hydrogens (primary N) is 1. The Kier molecular flexibility index (Phi) is 4.41. The van der Waals surface area contributed by atoms with E-state index in [2.05, 4.69) is 0 Å². The molecule has 1 fully saturated rings. The number of sulfonamides is 1. The summed E-state index contributed by atoms with van der Waals surface area (Å²) in [5, 5.41) is 0. The number of piperidine rings is 1. The minimum absolute atomic E-state index is 0.103. The van der Waals surface area contributed by atoms with Crippen LogP contribution in [-0.4, -0.2) is 31.9 Å². The van der Waals surface area contributed by atoms with E-state index in [4.69, 9.17) is 5.73 Å². The van der Waals surface area contributed by atoms with Crippen LogP contribution in [0.25, 0.3) is 0 Å². The highest BCUT2D eigenvalue weighted by atomic mass is 32.2. The van der Waals surface area contributed by atoms with E-state index in [1.54, 1.807) is 0 Å². The maximum atomic E-state index is 13.8. The number of rotatable bonds is 3. The van der Waals surface area contributed by atoms with Crippen LogP contribution in [-0.2, 0) is 10.0 Å². The van der Waals surface area contributed by atoms with Crippen molar-refractivity contribution in [2.24, 2.45) is 5.73 Å². The molecule has 1 saturated heterocycles. The van der Waals surface area contributed by atoms with Gasteiger partial charge in [-0.3, -0.25) is 0 Å². The van der Waals surface area contributed by atoms with Crippen LogP contribution in [0.2, 0.25) is 0 Å². The highest BCUT2D eigenvalue weighted by molar-refractivity contribution is 7.89. The Balaban J connectivity index is 2.46. The first-order valence-corrected chi connectivity index (χ1v) is 7.99. The van der Waals surface area contributed by atoms with Crippen LogP contribution in [0, 0.1) is 18.6 Å². The van der Waals surface area contributed by atoms with Gasteiger partial charge in [0, 0.05) is 25.2 Å². The molecule has 1 aliphatic heterocycles. The fourth-order valence-electron chi connectivity index (χ4n) is 2.48. The number of benzene rings is 1. The maximum Gasteiger partial charge on any atom is 0.246 e. The van der Waals surface area contributed by atoms with Gasteiger partial charge in [-0.2, -0.15) is 4.31 Å². The molecule has 0 amide bonds. The topological polar surface area (TPSA) is 63.4 Å². The van der Waals surface area contributed by atoms with Gasteiger partial charge in [-0.15, -0.1) is 0 Å². The molecule has 1 aliphatic rings. The maximum absolute atomic E-state index is 13.8. The quantitative estimate of drug-likeness (QED) is 0.926. The molecule has 0 spiro atoms. The molecule has 0 aliphatic carbocycles. The molecule has 7 heteroatoms.